The number of benzene rings is 1. The number of hydrogen-bond acceptors (Lipinski definition) is 3. The smallest absolute Gasteiger partial charge is 0.246 e. The Morgan fingerprint density at radius 1 is 1.38 bits per heavy atom. The van der Waals surface area contributed by atoms with Crippen LogP contribution in [0.1, 0.15) is 19.4 Å². The normalized spacial score (nSPS) is 10.9. The number of aromatic nitrogens is 2. The van der Waals surface area contributed by atoms with E-state index in [-0.39, 0.29) is 18.3 Å². The van der Waals surface area contributed by atoms with Crippen LogP contribution in [-0.2, 0) is 11.3 Å². The second kappa shape index (κ2) is 7.06. The van der Waals surface area contributed by atoms with E-state index in [0.29, 0.717) is 12.5 Å². The molecule has 5 nitrogen and oxygen atoms in total. The Balaban J connectivity index is 0.00000220. The topological polar surface area (TPSA) is 72.9 Å². The average molecular weight is 374 g/mol. The molecule has 0 aliphatic heterocycles. The first-order valence-corrected chi connectivity index (χ1v) is 7.01. The number of carbonyl (C=O) groups excluding carboxylic acids is 1. The van der Waals surface area contributed by atoms with E-state index in [9.17, 15) is 4.79 Å². The highest BCUT2D eigenvalue weighted by atomic mass is 79.9. The number of nitrogens with zero attached hydrogens (tertiary/aromatic N) is 2. The van der Waals surface area contributed by atoms with Crippen molar-refractivity contribution in [1.29, 1.82) is 0 Å². The number of hydrogen-bond donors (Lipinski definition) is 2. The first kappa shape index (κ1) is 17.7. The minimum absolute atomic E-state index is 0. The maximum atomic E-state index is 11.9. The van der Waals surface area contributed by atoms with Crippen LogP contribution in [0.15, 0.2) is 41.1 Å². The van der Waals surface area contributed by atoms with Gasteiger partial charge in [-0.3, -0.25) is 10.1 Å². The zero-order chi connectivity index (χ0) is 14.8. The summed E-state index contributed by atoms with van der Waals surface area (Å²) in [6.07, 6.45) is 3.47. The second-order valence-corrected chi connectivity index (χ2v) is 6.10. The largest absolute Gasteiger partial charge is 0.318 e. The van der Waals surface area contributed by atoms with Crippen molar-refractivity contribution in [3.05, 3.63) is 46.7 Å². The lowest BCUT2D eigenvalue weighted by Crippen LogP contribution is -2.45. The van der Waals surface area contributed by atoms with E-state index in [0.717, 1.165) is 10.0 Å². The van der Waals surface area contributed by atoms with Gasteiger partial charge in [0.2, 0.25) is 11.9 Å². The van der Waals surface area contributed by atoms with E-state index in [1.54, 1.807) is 20.0 Å². The fourth-order valence-corrected chi connectivity index (χ4v) is 1.87. The van der Waals surface area contributed by atoms with Gasteiger partial charge < -0.3 is 10.3 Å². The van der Waals surface area contributed by atoms with E-state index >= 15 is 0 Å². The molecule has 1 amide bonds. The number of carbonyl (C=O) groups is 1. The number of imidazole rings is 1. The summed E-state index contributed by atoms with van der Waals surface area (Å²) in [5.41, 5.74) is 5.94. The van der Waals surface area contributed by atoms with Gasteiger partial charge in [0, 0.05) is 16.9 Å². The molecule has 7 heteroatoms. The van der Waals surface area contributed by atoms with Gasteiger partial charge in [0.25, 0.3) is 0 Å². The maximum absolute atomic E-state index is 11.9. The Labute approximate surface area is 138 Å². The molecule has 2 rings (SSSR count). The number of halogens is 2. The first-order valence-electron chi connectivity index (χ1n) is 6.22. The monoisotopic (exact) mass is 372 g/mol. The molecule has 0 saturated heterocycles. The number of amides is 1. The van der Waals surface area contributed by atoms with Crippen LogP contribution in [0.2, 0.25) is 0 Å². The van der Waals surface area contributed by atoms with Gasteiger partial charge in [0.05, 0.1) is 12.1 Å². The van der Waals surface area contributed by atoms with E-state index in [2.05, 4.69) is 26.2 Å². The quantitative estimate of drug-likeness (QED) is 0.865. The summed E-state index contributed by atoms with van der Waals surface area (Å²) in [7, 11) is 0. The molecular weight excluding hydrogens is 356 g/mol. The molecule has 0 fully saturated rings. The standard InChI is InChI=1S/C14H17BrN4O.ClH/c1-14(2,16)12(20)18-13-17-7-8-19(13)9-10-3-5-11(15)6-4-10;/h3-8H,9,16H2,1-2H3,(H,17,18,20);1H. The molecule has 21 heavy (non-hydrogen) atoms. The molecule has 1 aromatic heterocycles. The number of nitrogens with one attached hydrogen (secondary N) is 1. The van der Waals surface area contributed by atoms with Gasteiger partial charge in [0.15, 0.2) is 0 Å². The molecule has 0 aliphatic rings. The van der Waals surface area contributed by atoms with Crippen LogP contribution in [0.3, 0.4) is 0 Å². The van der Waals surface area contributed by atoms with E-state index in [1.165, 1.54) is 0 Å². The maximum Gasteiger partial charge on any atom is 0.246 e. The Morgan fingerprint density at radius 2 is 2.00 bits per heavy atom. The zero-order valence-corrected chi connectivity index (χ0v) is 14.2. The third kappa shape index (κ3) is 4.84. The Bertz CT molecular complexity index is 604. The van der Waals surface area contributed by atoms with E-state index in [1.807, 2.05) is 35.0 Å². The summed E-state index contributed by atoms with van der Waals surface area (Å²) in [6, 6.07) is 7.99. The highest BCUT2D eigenvalue weighted by Gasteiger charge is 2.23. The Hall–Kier alpha value is -1.37. The summed E-state index contributed by atoms with van der Waals surface area (Å²) >= 11 is 3.40. The summed E-state index contributed by atoms with van der Waals surface area (Å²) in [4.78, 5) is 16.0. The molecule has 0 radical (unpaired) electrons. The number of anilines is 1. The van der Waals surface area contributed by atoms with Crippen molar-refractivity contribution in [1.82, 2.24) is 9.55 Å². The van der Waals surface area contributed by atoms with Gasteiger partial charge in [-0.05, 0) is 31.5 Å². The predicted octanol–water partition coefficient (Wildman–Crippen LogP) is 2.79. The van der Waals surface area contributed by atoms with Gasteiger partial charge in [0.1, 0.15) is 0 Å². The molecule has 0 bridgehead atoms. The molecule has 3 N–H and O–H groups in total. The first-order chi connectivity index (χ1) is 9.36. The molecule has 2 aromatic rings. The van der Waals surface area contributed by atoms with Crippen molar-refractivity contribution < 1.29 is 4.79 Å². The fourth-order valence-electron chi connectivity index (χ4n) is 1.61. The highest BCUT2D eigenvalue weighted by Crippen LogP contribution is 2.14. The molecule has 0 aliphatic carbocycles. The van der Waals surface area contributed by atoms with Crippen LogP contribution in [0, 0.1) is 0 Å². The Morgan fingerprint density at radius 3 is 2.57 bits per heavy atom. The predicted molar refractivity (Wildman–Crippen MR) is 89.6 cm³/mol. The molecule has 1 heterocycles. The van der Waals surface area contributed by atoms with Gasteiger partial charge in [-0.15, -0.1) is 12.4 Å². The lowest BCUT2D eigenvalue weighted by atomic mass is 10.1. The number of nitrogens with two attached hydrogens (primary N) is 1. The average Bonchev–Trinajstić information content (AvgIpc) is 2.78. The van der Waals surface area contributed by atoms with Gasteiger partial charge in [-0.1, -0.05) is 28.1 Å². The molecule has 0 atom stereocenters. The Kier molecular flexibility index (Phi) is 5.95. The van der Waals surface area contributed by atoms with Crippen molar-refractivity contribution in [3.63, 3.8) is 0 Å². The summed E-state index contributed by atoms with van der Waals surface area (Å²) in [5, 5.41) is 2.74. The van der Waals surface area contributed by atoms with Crippen molar-refractivity contribution in [2.24, 2.45) is 5.73 Å². The van der Waals surface area contributed by atoms with Gasteiger partial charge in [-0.25, -0.2) is 4.98 Å². The van der Waals surface area contributed by atoms with Crippen molar-refractivity contribution >= 4 is 40.2 Å². The van der Waals surface area contributed by atoms with Crippen molar-refractivity contribution in [3.8, 4) is 0 Å². The minimum Gasteiger partial charge on any atom is -0.318 e. The number of rotatable bonds is 4. The zero-order valence-electron chi connectivity index (χ0n) is 11.8. The molecule has 0 unspecified atom stereocenters. The third-order valence-corrected chi connectivity index (χ3v) is 3.32. The van der Waals surface area contributed by atoms with Crippen LogP contribution < -0.4 is 11.1 Å². The van der Waals surface area contributed by atoms with E-state index < -0.39 is 5.54 Å². The second-order valence-electron chi connectivity index (χ2n) is 5.18. The lowest BCUT2D eigenvalue weighted by molar-refractivity contribution is -0.120. The molecule has 0 spiro atoms. The van der Waals surface area contributed by atoms with Gasteiger partial charge in [-0.2, -0.15) is 0 Å². The minimum atomic E-state index is -0.936. The molecular formula is C14H18BrClN4O. The van der Waals surface area contributed by atoms with Crippen LogP contribution in [-0.4, -0.2) is 21.0 Å². The molecule has 114 valence electrons. The fraction of sp³-hybridized carbons (Fsp3) is 0.286. The van der Waals surface area contributed by atoms with Crippen LogP contribution >= 0.6 is 28.3 Å². The van der Waals surface area contributed by atoms with Crippen molar-refractivity contribution in [2.75, 3.05) is 5.32 Å². The summed E-state index contributed by atoms with van der Waals surface area (Å²) in [6.45, 7) is 3.95. The van der Waals surface area contributed by atoms with Crippen molar-refractivity contribution in [2.45, 2.75) is 25.9 Å². The SMILES string of the molecule is CC(C)(N)C(=O)Nc1nccn1Cc1ccc(Br)cc1.Cl. The van der Waals surface area contributed by atoms with Crippen LogP contribution in [0.5, 0.6) is 0 Å². The molecule has 1 aromatic carbocycles. The van der Waals surface area contributed by atoms with E-state index in [4.69, 9.17) is 5.73 Å². The third-order valence-electron chi connectivity index (χ3n) is 2.79. The molecule has 0 saturated carbocycles. The summed E-state index contributed by atoms with van der Waals surface area (Å²) in [5.74, 6) is 0.234. The van der Waals surface area contributed by atoms with Crippen LogP contribution in [0.25, 0.3) is 0 Å². The van der Waals surface area contributed by atoms with Gasteiger partial charge >= 0.3 is 0 Å². The lowest BCUT2D eigenvalue weighted by Gasteiger charge is -2.18. The summed E-state index contributed by atoms with van der Waals surface area (Å²) < 4.78 is 2.90. The highest BCUT2D eigenvalue weighted by molar-refractivity contribution is 9.10. The van der Waals surface area contributed by atoms with Crippen LogP contribution in [0.4, 0.5) is 5.95 Å².